The molecule has 0 amide bonds. The predicted molar refractivity (Wildman–Crippen MR) is 266 cm³/mol. The third-order valence-corrected chi connectivity index (χ3v) is 16.1. The van der Waals surface area contributed by atoms with Crippen LogP contribution in [-0.4, -0.2) is 98.5 Å². The van der Waals surface area contributed by atoms with E-state index in [1.54, 1.807) is 18.4 Å². The fourth-order valence-corrected chi connectivity index (χ4v) is 14.1. The second-order valence-corrected chi connectivity index (χ2v) is 22.1. The number of carbonyl (C=O) groups excluding carboxylic acids is 1. The lowest BCUT2D eigenvalue weighted by Gasteiger charge is -2.69. The van der Waals surface area contributed by atoms with Gasteiger partial charge in [0.2, 0.25) is 0 Å². The SMILES string of the molecule is COc1ccc(COC(=O)c2nc(N3CCCc4c3nnc(Nc3nc5ccccc5s3)c4C)ccc2-c2cnn(CC34CC5(C)CC(C)(C3)CC(OCCN(C)CCCCO)(C5)C4)c2C)cc1. The van der Waals surface area contributed by atoms with Crippen LogP contribution >= 0.6 is 11.3 Å². The number of para-hydroxylation sites is 1. The molecule has 1 aliphatic heterocycles. The highest BCUT2D eigenvalue weighted by molar-refractivity contribution is 7.22. The van der Waals surface area contributed by atoms with Gasteiger partial charge in [-0.15, -0.1) is 10.2 Å². The van der Waals surface area contributed by atoms with Crippen molar-refractivity contribution in [3.8, 4) is 16.9 Å². The Kier molecular flexibility index (Phi) is 12.5. The number of nitrogens with one attached hydrogen (secondary N) is 1. The molecule has 11 rings (SSSR count). The van der Waals surface area contributed by atoms with E-state index in [2.05, 4.69) is 65.7 Å². The maximum absolute atomic E-state index is 14.4. The maximum Gasteiger partial charge on any atom is 0.358 e. The first-order valence-electron chi connectivity index (χ1n) is 24.3. The molecule has 4 fully saturated rings. The van der Waals surface area contributed by atoms with Crippen LogP contribution in [0.1, 0.15) is 105 Å². The molecule has 14 nitrogen and oxygen atoms in total. The number of thiazole rings is 1. The maximum atomic E-state index is 14.4. The molecule has 0 radical (unpaired) electrons. The number of carbonyl (C=O) groups is 1. The molecule has 2 atom stereocenters. The van der Waals surface area contributed by atoms with Gasteiger partial charge in [-0.2, -0.15) is 5.10 Å². The molecule has 4 aliphatic carbocycles. The van der Waals surface area contributed by atoms with Gasteiger partial charge in [0.05, 0.1) is 35.7 Å². The van der Waals surface area contributed by atoms with Crippen molar-refractivity contribution in [3.63, 3.8) is 0 Å². The summed E-state index contributed by atoms with van der Waals surface area (Å²) in [7, 11) is 3.78. The highest BCUT2D eigenvalue weighted by atomic mass is 32.1. The zero-order valence-corrected chi connectivity index (χ0v) is 41.3. The van der Waals surface area contributed by atoms with E-state index >= 15 is 0 Å². The van der Waals surface area contributed by atoms with Crippen molar-refractivity contribution < 1.29 is 24.1 Å². The minimum Gasteiger partial charge on any atom is -0.497 e. The van der Waals surface area contributed by atoms with Crippen molar-refractivity contribution in [3.05, 3.63) is 94.9 Å². The standard InChI is InChI=1S/C53H65N9O5S/c1-35-39-12-11-22-61(47(39)59-58-46(35)57-49-55-42-13-7-8-14-43(42)68-49)44-20-19-40(45(56-44)48(64)66-27-37-15-17-38(65-6)18-16-37)41-26-54-62(36(41)2)34-52-29-50(3)28-51(4,30-52)32-53(31-50,33-52)67-25-23-60(5)21-9-10-24-63/h7-8,13-20,26,63H,9-12,21-25,27-34H2,1-6H3,(H,55,57,58). The highest BCUT2D eigenvalue weighted by Crippen LogP contribution is 2.72. The average molecular weight is 940 g/mol. The Bertz CT molecular complexity index is 2760. The van der Waals surface area contributed by atoms with E-state index in [4.69, 9.17) is 34.4 Å². The number of nitrogens with zero attached hydrogens (tertiary/aromatic N) is 8. The summed E-state index contributed by atoms with van der Waals surface area (Å²) >= 11 is 1.59. The summed E-state index contributed by atoms with van der Waals surface area (Å²) in [6.07, 6.45) is 12.2. The number of likely N-dealkylation sites (N-methyl/N-ethyl adjacent to an activating group) is 1. The number of methoxy groups -OCH3 is 1. The van der Waals surface area contributed by atoms with Crippen LogP contribution in [0.3, 0.4) is 0 Å². The Labute approximate surface area is 403 Å². The number of esters is 1. The first-order valence-corrected chi connectivity index (χ1v) is 25.1. The lowest BCUT2D eigenvalue weighted by molar-refractivity contribution is -0.248. The number of hydrogen-bond acceptors (Lipinski definition) is 14. The van der Waals surface area contributed by atoms with Gasteiger partial charge in [0.15, 0.2) is 22.5 Å². The molecule has 5 aliphatic rings. The third-order valence-electron chi connectivity index (χ3n) is 15.1. The highest BCUT2D eigenvalue weighted by Gasteiger charge is 2.66. The smallest absolute Gasteiger partial charge is 0.358 e. The van der Waals surface area contributed by atoms with E-state index in [0.717, 1.165) is 132 Å². The number of pyridine rings is 1. The van der Waals surface area contributed by atoms with Crippen LogP contribution in [0.5, 0.6) is 5.75 Å². The molecule has 6 aromatic rings. The molecule has 2 N–H and O–H groups in total. The quantitative estimate of drug-likeness (QED) is 0.0622. The second-order valence-electron chi connectivity index (χ2n) is 21.1. The number of anilines is 4. The molecule has 68 heavy (non-hydrogen) atoms. The van der Waals surface area contributed by atoms with Gasteiger partial charge in [0, 0.05) is 54.2 Å². The van der Waals surface area contributed by atoms with Crippen molar-refractivity contribution in [2.45, 2.75) is 111 Å². The van der Waals surface area contributed by atoms with Gasteiger partial charge in [-0.25, -0.2) is 14.8 Å². The topological polar surface area (TPSA) is 153 Å². The summed E-state index contributed by atoms with van der Waals surface area (Å²) < 4.78 is 21.8. The predicted octanol–water partition coefficient (Wildman–Crippen LogP) is 10.00. The number of ether oxygens (including phenoxy) is 3. The van der Waals surface area contributed by atoms with Crippen molar-refractivity contribution in [2.24, 2.45) is 16.2 Å². The largest absolute Gasteiger partial charge is 0.497 e. The van der Waals surface area contributed by atoms with Crippen molar-refractivity contribution in [1.29, 1.82) is 0 Å². The van der Waals surface area contributed by atoms with E-state index in [-0.39, 0.29) is 40.8 Å². The summed E-state index contributed by atoms with van der Waals surface area (Å²) in [5, 5.41) is 28.0. The van der Waals surface area contributed by atoms with Gasteiger partial charge in [0.1, 0.15) is 18.2 Å². The first kappa shape index (κ1) is 46.3. The summed E-state index contributed by atoms with van der Waals surface area (Å²) in [6.45, 7) is 13.5. The molecule has 15 heteroatoms. The number of rotatable bonds is 18. The first-order chi connectivity index (χ1) is 32.8. The van der Waals surface area contributed by atoms with E-state index in [1.165, 1.54) is 6.42 Å². The lowest BCUT2D eigenvalue weighted by Crippen LogP contribution is -2.64. The number of aliphatic hydroxyl groups is 1. The molecular formula is C53H65N9O5S. The number of fused-ring (bicyclic) bond motifs is 2. The fraction of sp³-hybridized carbons (Fsp3) is 0.509. The molecule has 0 spiro atoms. The summed E-state index contributed by atoms with van der Waals surface area (Å²) in [4.78, 5) is 28.8. The van der Waals surface area contributed by atoms with Crippen LogP contribution < -0.4 is 15.0 Å². The van der Waals surface area contributed by atoms with Gasteiger partial charge in [-0.05, 0) is 150 Å². The van der Waals surface area contributed by atoms with Crippen LogP contribution in [0.4, 0.5) is 22.6 Å². The molecule has 2 unspecified atom stereocenters. The zero-order valence-electron chi connectivity index (χ0n) is 40.4. The van der Waals surface area contributed by atoms with Crippen LogP contribution in [0.15, 0.2) is 66.9 Å². The van der Waals surface area contributed by atoms with Crippen LogP contribution in [0, 0.1) is 30.1 Å². The molecule has 4 aromatic heterocycles. The summed E-state index contributed by atoms with van der Waals surface area (Å²) in [5.74, 6) is 2.23. The van der Waals surface area contributed by atoms with Crippen LogP contribution in [0.2, 0.25) is 0 Å². The Morgan fingerprint density at radius 1 is 0.912 bits per heavy atom. The lowest BCUT2D eigenvalue weighted by atomic mass is 9.39. The van der Waals surface area contributed by atoms with Crippen LogP contribution in [-0.2, 0) is 29.0 Å². The normalized spacial score (nSPS) is 23.9. The minimum absolute atomic E-state index is 0.0339. The molecule has 4 bridgehead atoms. The van der Waals surface area contributed by atoms with E-state index in [0.29, 0.717) is 30.4 Å². The zero-order chi connectivity index (χ0) is 47.3. The Balaban J connectivity index is 0.935. The molecule has 4 saturated carbocycles. The monoisotopic (exact) mass is 939 g/mol. The Hall–Kier alpha value is -5.48. The Morgan fingerprint density at radius 3 is 2.47 bits per heavy atom. The van der Waals surface area contributed by atoms with E-state index in [1.807, 2.05) is 60.8 Å². The number of aliphatic hydroxyl groups excluding tert-OH is 1. The molecule has 2 aromatic carbocycles. The van der Waals surface area contributed by atoms with Gasteiger partial charge < -0.3 is 34.4 Å². The van der Waals surface area contributed by atoms with E-state index in [9.17, 15) is 9.90 Å². The molecule has 0 saturated heterocycles. The summed E-state index contributed by atoms with van der Waals surface area (Å²) in [5.41, 5.74) is 6.92. The minimum atomic E-state index is -0.514. The Morgan fingerprint density at radius 2 is 1.71 bits per heavy atom. The number of aromatic nitrogens is 6. The molecule has 358 valence electrons. The second kappa shape index (κ2) is 18.4. The van der Waals surface area contributed by atoms with Crippen molar-refractivity contribution in [1.82, 2.24) is 34.8 Å². The van der Waals surface area contributed by atoms with Gasteiger partial charge in [-0.3, -0.25) is 4.68 Å². The van der Waals surface area contributed by atoms with Gasteiger partial charge in [-0.1, -0.05) is 49.4 Å². The number of unbranched alkanes of at least 4 members (excludes halogenated alkanes) is 1. The fourth-order valence-electron chi connectivity index (χ4n) is 13.2. The number of hydrogen-bond donors (Lipinski definition) is 2. The van der Waals surface area contributed by atoms with Gasteiger partial charge >= 0.3 is 5.97 Å². The molecular weight excluding hydrogens is 875 g/mol. The average Bonchev–Trinajstić information content (AvgIpc) is 3.89. The van der Waals surface area contributed by atoms with Crippen molar-refractivity contribution >= 4 is 50.1 Å². The molecule has 5 heterocycles. The van der Waals surface area contributed by atoms with Gasteiger partial charge in [0.25, 0.3) is 0 Å². The van der Waals surface area contributed by atoms with Crippen LogP contribution in [0.25, 0.3) is 21.3 Å². The summed E-state index contributed by atoms with van der Waals surface area (Å²) in [6, 6.07) is 19.6. The number of benzene rings is 2. The van der Waals surface area contributed by atoms with Crippen molar-refractivity contribution in [2.75, 3.05) is 57.2 Å². The van der Waals surface area contributed by atoms with E-state index < -0.39 is 5.97 Å². The third kappa shape index (κ3) is 9.22.